The summed E-state index contributed by atoms with van der Waals surface area (Å²) in [6.07, 6.45) is 0. The van der Waals surface area contributed by atoms with Gasteiger partial charge >= 0.3 is 0 Å². The monoisotopic (exact) mass is 328 g/mol. The third-order valence-electron chi connectivity index (χ3n) is 3.86. The summed E-state index contributed by atoms with van der Waals surface area (Å²) < 4.78 is 10.6. The van der Waals surface area contributed by atoms with Crippen LogP contribution in [-0.2, 0) is 6.54 Å². The highest BCUT2D eigenvalue weighted by molar-refractivity contribution is 5.92. The third kappa shape index (κ3) is 3.40. The van der Waals surface area contributed by atoms with Gasteiger partial charge in [-0.3, -0.25) is 4.79 Å². The number of fused-ring (bicyclic) bond motifs is 1. The standard InChI is InChI=1S/C17H20N4O3/c1-3-21(4-2)16-8-6-13(19-20-16)17(22)18-10-12-5-7-14-15(9-12)24-11-23-14/h5-9H,3-4,10-11H2,1-2H3,(H,18,22). The Hall–Kier alpha value is -2.83. The van der Waals surface area contributed by atoms with E-state index in [4.69, 9.17) is 9.47 Å². The van der Waals surface area contributed by atoms with E-state index < -0.39 is 0 Å². The van der Waals surface area contributed by atoms with Gasteiger partial charge in [0, 0.05) is 19.6 Å². The second kappa shape index (κ2) is 7.16. The third-order valence-corrected chi connectivity index (χ3v) is 3.86. The highest BCUT2D eigenvalue weighted by Crippen LogP contribution is 2.32. The van der Waals surface area contributed by atoms with Crippen LogP contribution in [0.2, 0.25) is 0 Å². The Kier molecular flexibility index (Phi) is 4.79. The Balaban J connectivity index is 1.60. The van der Waals surface area contributed by atoms with E-state index in [9.17, 15) is 4.79 Å². The first kappa shape index (κ1) is 16.0. The summed E-state index contributed by atoms with van der Waals surface area (Å²) in [4.78, 5) is 14.3. The predicted molar refractivity (Wildman–Crippen MR) is 89.3 cm³/mol. The molecule has 0 atom stereocenters. The lowest BCUT2D eigenvalue weighted by atomic mass is 10.2. The molecule has 0 saturated heterocycles. The quantitative estimate of drug-likeness (QED) is 0.874. The van der Waals surface area contributed by atoms with Crippen LogP contribution in [0.15, 0.2) is 30.3 Å². The zero-order valence-corrected chi connectivity index (χ0v) is 13.8. The van der Waals surface area contributed by atoms with Crippen LogP contribution in [0.4, 0.5) is 5.82 Å². The van der Waals surface area contributed by atoms with Gasteiger partial charge in [-0.1, -0.05) is 6.07 Å². The molecule has 1 aliphatic rings. The largest absolute Gasteiger partial charge is 0.454 e. The summed E-state index contributed by atoms with van der Waals surface area (Å²) >= 11 is 0. The lowest BCUT2D eigenvalue weighted by Gasteiger charge is -2.18. The molecule has 1 aliphatic heterocycles. The second-order valence-corrected chi connectivity index (χ2v) is 5.32. The van der Waals surface area contributed by atoms with Crippen molar-refractivity contribution in [1.29, 1.82) is 0 Å². The molecule has 0 spiro atoms. The van der Waals surface area contributed by atoms with E-state index >= 15 is 0 Å². The molecular formula is C17H20N4O3. The number of rotatable bonds is 6. The van der Waals surface area contributed by atoms with Crippen LogP contribution < -0.4 is 19.7 Å². The van der Waals surface area contributed by atoms with Crippen molar-refractivity contribution in [2.24, 2.45) is 0 Å². The van der Waals surface area contributed by atoms with E-state index in [1.807, 2.05) is 24.3 Å². The van der Waals surface area contributed by atoms with Crippen LogP contribution in [0.1, 0.15) is 29.9 Å². The number of nitrogens with zero attached hydrogens (tertiary/aromatic N) is 3. The van der Waals surface area contributed by atoms with Gasteiger partial charge in [-0.15, -0.1) is 10.2 Å². The van der Waals surface area contributed by atoms with Crippen LogP contribution in [-0.4, -0.2) is 36.0 Å². The zero-order valence-electron chi connectivity index (χ0n) is 13.8. The average Bonchev–Trinajstić information content (AvgIpc) is 3.09. The summed E-state index contributed by atoms with van der Waals surface area (Å²) in [6.45, 7) is 6.42. The van der Waals surface area contributed by atoms with Crippen molar-refractivity contribution >= 4 is 11.7 Å². The minimum atomic E-state index is -0.258. The highest BCUT2D eigenvalue weighted by Gasteiger charge is 2.14. The summed E-state index contributed by atoms with van der Waals surface area (Å²) in [5.74, 6) is 1.94. The van der Waals surface area contributed by atoms with Gasteiger partial charge in [-0.2, -0.15) is 0 Å². The smallest absolute Gasteiger partial charge is 0.272 e. The van der Waals surface area contributed by atoms with Crippen molar-refractivity contribution in [2.45, 2.75) is 20.4 Å². The molecule has 0 radical (unpaired) electrons. The number of carbonyl (C=O) groups excluding carboxylic acids is 1. The van der Waals surface area contributed by atoms with Gasteiger partial charge in [0.15, 0.2) is 23.0 Å². The van der Waals surface area contributed by atoms with Gasteiger partial charge < -0.3 is 19.7 Å². The van der Waals surface area contributed by atoms with E-state index in [1.165, 1.54) is 0 Å². The molecular weight excluding hydrogens is 308 g/mol. The first-order valence-electron chi connectivity index (χ1n) is 7.96. The number of ether oxygens (including phenoxy) is 2. The Morgan fingerprint density at radius 1 is 1.12 bits per heavy atom. The Morgan fingerprint density at radius 3 is 2.62 bits per heavy atom. The van der Waals surface area contributed by atoms with E-state index in [0.29, 0.717) is 18.0 Å². The highest BCUT2D eigenvalue weighted by atomic mass is 16.7. The zero-order chi connectivity index (χ0) is 16.9. The number of hydrogen-bond acceptors (Lipinski definition) is 6. The van der Waals surface area contributed by atoms with Crippen LogP contribution >= 0.6 is 0 Å². The van der Waals surface area contributed by atoms with Crippen molar-refractivity contribution in [2.75, 3.05) is 24.8 Å². The molecule has 0 fully saturated rings. The van der Waals surface area contributed by atoms with Gasteiger partial charge in [0.1, 0.15) is 0 Å². The number of amides is 1. The van der Waals surface area contributed by atoms with Crippen molar-refractivity contribution in [1.82, 2.24) is 15.5 Å². The number of aromatic nitrogens is 2. The summed E-state index contributed by atoms with van der Waals surface area (Å²) in [6, 6.07) is 9.09. The molecule has 0 bridgehead atoms. The van der Waals surface area contributed by atoms with Crippen molar-refractivity contribution in [3.63, 3.8) is 0 Å². The molecule has 7 nitrogen and oxygen atoms in total. The van der Waals surface area contributed by atoms with Gasteiger partial charge in [-0.25, -0.2) is 0 Å². The number of carbonyl (C=O) groups is 1. The van der Waals surface area contributed by atoms with Crippen LogP contribution in [0.25, 0.3) is 0 Å². The molecule has 1 aromatic carbocycles. The topological polar surface area (TPSA) is 76.6 Å². The molecule has 126 valence electrons. The normalized spacial score (nSPS) is 12.1. The molecule has 24 heavy (non-hydrogen) atoms. The number of hydrogen-bond donors (Lipinski definition) is 1. The molecule has 1 amide bonds. The number of anilines is 1. The number of benzene rings is 1. The fourth-order valence-electron chi connectivity index (χ4n) is 2.49. The first-order valence-corrected chi connectivity index (χ1v) is 7.96. The van der Waals surface area contributed by atoms with Crippen molar-refractivity contribution in [3.05, 3.63) is 41.6 Å². The number of nitrogens with one attached hydrogen (secondary N) is 1. The molecule has 0 saturated carbocycles. The van der Waals surface area contributed by atoms with Gasteiger partial charge in [-0.05, 0) is 43.7 Å². The van der Waals surface area contributed by atoms with Gasteiger partial charge in [0.2, 0.25) is 6.79 Å². The minimum absolute atomic E-state index is 0.236. The molecule has 0 aliphatic carbocycles. The van der Waals surface area contributed by atoms with Gasteiger partial charge in [0.25, 0.3) is 5.91 Å². The molecule has 1 N–H and O–H groups in total. The molecule has 3 rings (SSSR count). The van der Waals surface area contributed by atoms with E-state index in [-0.39, 0.29) is 12.7 Å². The van der Waals surface area contributed by atoms with Crippen LogP contribution in [0.3, 0.4) is 0 Å². The molecule has 0 unspecified atom stereocenters. The lowest BCUT2D eigenvalue weighted by Crippen LogP contribution is -2.26. The van der Waals surface area contributed by atoms with Crippen molar-refractivity contribution < 1.29 is 14.3 Å². The maximum atomic E-state index is 12.2. The fraction of sp³-hybridized carbons (Fsp3) is 0.353. The average molecular weight is 328 g/mol. The van der Waals surface area contributed by atoms with E-state index in [0.717, 1.165) is 30.2 Å². The molecule has 7 heteroatoms. The fourth-order valence-corrected chi connectivity index (χ4v) is 2.49. The maximum Gasteiger partial charge on any atom is 0.272 e. The Labute approximate surface area is 140 Å². The summed E-state index contributed by atoms with van der Waals surface area (Å²) in [7, 11) is 0. The maximum absolute atomic E-state index is 12.2. The minimum Gasteiger partial charge on any atom is -0.454 e. The molecule has 2 aromatic rings. The van der Waals surface area contributed by atoms with E-state index in [2.05, 4.69) is 34.3 Å². The SMILES string of the molecule is CCN(CC)c1ccc(C(=O)NCc2ccc3c(c2)OCO3)nn1. The summed E-state index contributed by atoms with van der Waals surface area (Å²) in [5, 5.41) is 11.0. The molecule has 2 heterocycles. The Bertz CT molecular complexity index is 714. The van der Waals surface area contributed by atoms with Crippen LogP contribution in [0.5, 0.6) is 11.5 Å². The summed E-state index contributed by atoms with van der Waals surface area (Å²) in [5.41, 5.74) is 1.23. The molecule has 1 aromatic heterocycles. The Morgan fingerprint density at radius 2 is 1.92 bits per heavy atom. The van der Waals surface area contributed by atoms with Crippen LogP contribution in [0, 0.1) is 0 Å². The second-order valence-electron chi connectivity index (χ2n) is 5.32. The predicted octanol–water partition coefficient (Wildman–Crippen LogP) is 1.98. The first-order chi connectivity index (χ1) is 11.7. The van der Waals surface area contributed by atoms with Crippen molar-refractivity contribution in [3.8, 4) is 11.5 Å². The van der Waals surface area contributed by atoms with Gasteiger partial charge in [0.05, 0.1) is 0 Å². The lowest BCUT2D eigenvalue weighted by molar-refractivity contribution is 0.0945. The van der Waals surface area contributed by atoms with E-state index in [1.54, 1.807) is 6.07 Å².